The molecule has 3 heteroatoms. The maximum absolute atomic E-state index is 5.72. The largest absolute Gasteiger partial charge is 0.493 e. The molecule has 0 heterocycles. The van der Waals surface area contributed by atoms with E-state index in [1.165, 1.54) is 5.56 Å². The highest BCUT2D eigenvalue weighted by Gasteiger charge is 2.04. The van der Waals surface area contributed by atoms with Gasteiger partial charge in [0.15, 0.2) is 11.5 Å². The van der Waals surface area contributed by atoms with Crippen LogP contribution in [-0.2, 0) is 6.42 Å². The summed E-state index contributed by atoms with van der Waals surface area (Å²) in [4.78, 5) is 0. The molecule has 0 saturated carbocycles. The van der Waals surface area contributed by atoms with E-state index >= 15 is 0 Å². The number of hydrogen-bond acceptors (Lipinski definition) is 3. The van der Waals surface area contributed by atoms with Crippen molar-refractivity contribution in [3.05, 3.63) is 23.8 Å². The van der Waals surface area contributed by atoms with Gasteiger partial charge in [0.1, 0.15) is 6.61 Å². The predicted octanol–water partition coefficient (Wildman–Crippen LogP) is 2.88. The summed E-state index contributed by atoms with van der Waals surface area (Å²) in [5.74, 6) is 2.31. The van der Waals surface area contributed by atoms with E-state index in [0.717, 1.165) is 31.0 Å². The molecule has 0 saturated heterocycles. The minimum Gasteiger partial charge on any atom is -0.493 e. The minimum absolute atomic E-state index is 0.661. The van der Waals surface area contributed by atoms with E-state index in [1.807, 2.05) is 12.1 Å². The molecule has 1 aromatic carbocycles. The third-order valence-corrected chi connectivity index (χ3v) is 2.73. The minimum atomic E-state index is 0.661. The smallest absolute Gasteiger partial charge is 0.161 e. The van der Waals surface area contributed by atoms with Crippen LogP contribution in [0.25, 0.3) is 0 Å². The van der Waals surface area contributed by atoms with Gasteiger partial charge < -0.3 is 14.8 Å². The first-order valence-corrected chi connectivity index (χ1v) is 6.67. The SMILES string of the molecule is CCc1ccc(OCCNCC(C)C)c(OC)c1. The zero-order chi connectivity index (χ0) is 13.4. The van der Waals surface area contributed by atoms with Crippen LogP contribution in [0, 0.1) is 5.92 Å². The molecule has 0 aliphatic rings. The van der Waals surface area contributed by atoms with Crippen LogP contribution in [0.3, 0.4) is 0 Å². The Kier molecular flexibility index (Phi) is 6.58. The van der Waals surface area contributed by atoms with Crippen LogP contribution in [-0.4, -0.2) is 26.8 Å². The molecular weight excluding hydrogens is 226 g/mol. The molecule has 0 amide bonds. The van der Waals surface area contributed by atoms with E-state index in [-0.39, 0.29) is 0 Å². The lowest BCUT2D eigenvalue weighted by atomic mass is 10.1. The lowest BCUT2D eigenvalue weighted by molar-refractivity contribution is 0.290. The van der Waals surface area contributed by atoms with Crippen molar-refractivity contribution in [2.24, 2.45) is 5.92 Å². The number of rotatable bonds is 8. The molecule has 0 aliphatic carbocycles. The normalized spacial score (nSPS) is 10.7. The Morgan fingerprint density at radius 3 is 2.61 bits per heavy atom. The highest BCUT2D eigenvalue weighted by molar-refractivity contribution is 5.42. The maximum Gasteiger partial charge on any atom is 0.161 e. The van der Waals surface area contributed by atoms with Crippen molar-refractivity contribution in [3.63, 3.8) is 0 Å². The average Bonchev–Trinajstić information content (AvgIpc) is 2.38. The van der Waals surface area contributed by atoms with E-state index in [9.17, 15) is 0 Å². The van der Waals surface area contributed by atoms with Crippen LogP contribution in [0.15, 0.2) is 18.2 Å². The van der Waals surface area contributed by atoms with Gasteiger partial charge in [-0.1, -0.05) is 26.8 Å². The average molecular weight is 251 g/mol. The quantitative estimate of drug-likeness (QED) is 0.721. The number of hydrogen-bond donors (Lipinski definition) is 1. The Hall–Kier alpha value is -1.22. The molecule has 18 heavy (non-hydrogen) atoms. The molecule has 0 aliphatic heterocycles. The predicted molar refractivity (Wildman–Crippen MR) is 75.6 cm³/mol. The van der Waals surface area contributed by atoms with E-state index < -0.39 is 0 Å². The third-order valence-electron chi connectivity index (χ3n) is 2.73. The summed E-state index contributed by atoms with van der Waals surface area (Å²) in [6.45, 7) is 9.06. The second-order valence-electron chi connectivity index (χ2n) is 4.79. The third kappa shape index (κ3) is 4.96. The topological polar surface area (TPSA) is 30.5 Å². The fraction of sp³-hybridized carbons (Fsp3) is 0.600. The molecule has 1 N–H and O–H groups in total. The van der Waals surface area contributed by atoms with E-state index in [1.54, 1.807) is 7.11 Å². The van der Waals surface area contributed by atoms with Gasteiger partial charge in [-0.05, 0) is 36.6 Å². The van der Waals surface area contributed by atoms with Gasteiger partial charge in [-0.2, -0.15) is 0 Å². The monoisotopic (exact) mass is 251 g/mol. The van der Waals surface area contributed by atoms with Crippen molar-refractivity contribution in [1.29, 1.82) is 0 Å². The fourth-order valence-electron chi connectivity index (χ4n) is 1.68. The van der Waals surface area contributed by atoms with Gasteiger partial charge in [-0.15, -0.1) is 0 Å². The zero-order valence-corrected chi connectivity index (χ0v) is 12.0. The molecule has 0 atom stereocenters. The Balaban J connectivity index is 2.41. The van der Waals surface area contributed by atoms with Gasteiger partial charge in [0.05, 0.1) is 7.11 Å². The molecule has 0 radical (unpaired) electrons. The van der Waals surface area contributed by atoms with Crippen molar-refractivity contribution in [1.82, 2.24) is 5.32 Å². The number of nitrogens with one attached hydrogen (secondary N) is 1. The Morgan fingerprint density at radius 1 is 1.22 bits per heavy atom. The first-order chi connectivity index (χ1) is 8.67. The summed E-state index contributed by atoms with van der Waals surface area (Å²) in [7, 11) is 1.68. The second-order valence-corrected chi connectivity index (χ2v) is 4.79. The molecule has 1 aromatic rings. The molecule has 0 unspecified atom stereocenters. The molecule has 1 rings (SSSR count). The van der Waals surface area contributed by atoms with Crippen LogP contribution < -0.4 is 14.8 Å². The van der Waals surface area contributed by atoms with Gasteiger partial charge in [0, 0.05) is 6.54 Å². The van der Waals surface area contributed by atoms with Crippen molar-refractivity contribution in [2.45, 2.75) is 27.2 Å². The molecular formula is C15H25NO2. The summed E-state index contributed by atoms with van der Waals surface area (Å²) >= 11 is 0. The molecule has 0 spiro atoms. The van der Waals surface area contributed by atoms with Crippen LogP contribution >= 0.6 is 0 Å². The van der Waals surface area contributed by atoms with Crippen molar-refractivity contribution >= 4 is 0 Å². The van der Waals surface area contributed by atoms with Gasteiger partial charge in [-0.3, -0.25) is 0 Å². The molecule has 3 nitrogen and oxygen atoms in total. The Morgan fingerprint density at radius 2 is 2.00 bits per heavy atom. The molecule has 0 fully saturated rings. The zero-order valence-electron chi connectivity index (χ0n) is 12.0. The van der Waals surface area contributed by atoms with Crippen LogP contribution in [0.2, 0.25) is 0 Å². The molecule has 0 bridgehead atoms. The summed E-state index contributed by atoms with van der Waals surface area (Å²) in [5.41, 5.74) is 1.26. The van der Waals surface area contributed by atoms with Gasteiger partial charge >= 0.3 is 0 Å². The molecule has 0 aromatic heterocycles. The highest BCUT2D eigenvalue weighted by atomic mass is 16.5. The van der Waals surface area contributed by atoms with Gasteiger partial charge in [0.2, 0.25) is 0 Å². The molecule has 102 valence electrons. The van der Waals surface area contributed by atoms with Gasteiger partial charge in [-0.25, -0.2) is 0 Å². The fourth-order valence-corrected chi connectivity index (χ4v) is 1.68. The van der Waals surface area contributed by atoms with E-state index in [0.29, 0.717) is 12.5 Å². The highest BCUT2D eigenvalue weighted by Crippen LogP contribution is 2.28. The van der Waals surface area contributed by atoms with E-state index in [2.05, 4.69) is 32.2 Å². The van der Waals surface area contributed by atoms with E-state index in [4.69, 9.17) is 9.47 Å². The number of ether oxygens (including phenoxy) is 2. The lowest BCUT2D eigenvalue weighted by Gasteiger charge is -2.12. The Labute approximate surface area is 110 Å². The van der Waals surface area contributed by atoms with Gasteiger partial charge in [0.25, 0.3) is 0 Å². The van der Waals surface area contributed by atoms with Crippen molar-refractivity contribution < 1.29 is 9.47 Å². The number of benzene rings is 1. The summed E-state index contributed by atoms with van der Waals surface area (Å²) in [6.07, 6.45) is 1.01. The first kappa shape index (κ1) is 14.8. The summed E-state index contributed by atoms with van der Waals surface area (Å²) in [6, 6.07) is 6.11. The summed E-state index contributed by atoms with van der Waals surface area (Å²) in [5, 5.41) is 3.35. The first-order valence-electron chi connectivity index (χ1n) is 6.67. The number of methoxy groups -OCH3 is 1. The summed E-state index contributed by atoms with van der Waals surface area (Å²) < 4.78 is 11.1. The second kappa shape index (κ2) is 7.98. The van der Waals surface area contributed by atoms with Crippen LogP contribution in [0.4, 0.5) is 0 Å². The van der Waals surface area contributed by atoms with Crippen LogP contribution in [0.5, 0.6) is 11.5 Å². The van der Waals surface area contributed by atoms with Crippen molar-refractivity contribution in [3.8, 4) is 11.5 Å². The maximum atomic E-state index is 5.72. The Bertz CT molecular complexity index is 350. The lowest BCUT2D eigenvalue weighted by Crippen LogP contribution is -2.25. The number of aryl methyl sites for hydroxylation is 1. The van der Waals surface area contributed by atoms with Crippen molar-refractivity contribution in [2.75, 3.05) is 26.8 Å². The van der Waals surface area contributed by atoms with Crippen LogP contribution in [0.1, 0.15) is 26.3 Å². The standard InChI is InChI=1S/C15H25NO2/c1-5-13-6-7-14(15(10-13)17-4)18-9-8-16-11-12(2)3/h6-7,10,12,16H,5,8-9,11H2,1-4H3.